The summed E-state index contributed by atoms with van der Waals surface area (Å²) in [5.41, 5.74) is 0. The number of hydrogen-bond acceptors (Lipinski definition) is 4. The van der Waals surface area contributed by atoms with E-state index in [4.69, 9.17) is 4.74 Å². The normalized spacial score (nSPS) is 28.8. The van der Waals surface area contributed by atoms with Crippen LogP contribution in [0.3, 0.4) is 0 Å². The summed E-state index contributed by atoms with van der Waals surface area (Å²) in [6.45, 7) is 4.04. The predicted molar refractivity (Wildman–Crippen MR) is 69.2 cm³/mol. The molecule has 0 aromatic carbocycles. The number of nitrogens with one attached hydrogen (secondary N) is 1. The predicted octanol–water partition coefficient (Wildman–Crippen LogP) is 2.36. The Bertz CT molecular complexity index is 375. The molecule has 2 unspecified atom stereocenters. The summed E-state index contributed by atoms with van der Waals surface area (Å²) in [7, 11) is 0. The van der Waals surface area contributed by atoms with Gasteiger partial charge in [0.2, 0.25) is 0 Å². The summed E-state index contributed by atoms with van der Waals surface area (Å²) in [6.07, 6.45) is 7.43. The van der Waals surface area contributed by atoms with Gasteiger partial charge in [-0.2, -0.15) is 0 Å². The Hall–Kier alpha value is -0.450. The van der Waals surface area contributed by atoms with Crippen molar-refractivity contribution in [3.05, 3.63) is 16.1 Å². The van der Waals surface area contributed by atoms with Crippen molar-refractivity contribution in [1.82, 2.24) is 10.3 Å². The number of aromatic nitrogens is 1. The SMILES string of the molecule is CCc1ncc(CNC2CCOC2C2CC2)s1. The summed E-state index contributed by atoms with van der Waals surface area (Å²) in [5.74, 6) is 0.836. The minimum absolute atomic E-state index is 0.480. The first kappa shape index (κ1) is 11.6. The third-order valence-electron chi connectivity index (χ3n) is 3.66. The van der Waals surface area contributed by atoms with Gasteiger partial charge < -0.3 is 10.1 Å². The smallest absolute Gasteiger partial charge is 0.0925 e. The van der Waals surface area contributed by atoms with Crippen molar-refractivity contribution < 1.29 is 4.74 Å². The van der Waals surface area contributed by atoms with E-state index in [1.165, 1.54) is 29.1 Å². The molecule has 0 radical (unpaired) electrons. The first-order valence-electron chi connectivity index (χ1n) is 6.65. The molecular weight excluding hydrogens is 232 g/mol. The molecule has 0 spiro atoms. The molecule has 1 aromatic heterocycles. The molecule has 0 bridgehead atoms. The number of rotatable bonds is 5. The third kappa shape index (κ3) is 2.69. The molecule has 2 heterocycles. The van der Waals surface area contributed by atoms with Gasteiger partial charge in [0, 0.05) is 30.3 Å². The zero-order valence-electron chi connectivity index (χ0n) is 10.3. The number of aryl methyl sites for hydroxylation is 1. The molecule has 1 aliphatic heterocycles. The van der Waals surface area contributed by atoms with Crippen LogP contribution in [0.4, 0.5) is 0 Å². The van der Waals surface area contributed by atoms with Crippen molar-refractivity contribution in [3.63, 3.8) is 0 Å². The Kier molecular flexibility index (Phi) is 3.45. The molecule has 1 saturated carbocycles. The molecule has 3 rings (SSSR count). The van der Waals surface area contributed by atoms with Crippen molar-refractivity contribution in [2.45, 2.75) is 51.3 Å². The topological polar surface area (TPSA) is 34.2 Å². The molecule has 1 aliphatic carbocycles. The van der Waals surface area contributed by atoms with Crippen molar-refractivity contribution in [1.29, 1.82) is 0 Å². The summed E-state index contributed by atoms with van der Waals surface area (Å²) in [5, 5.41) is 4.89. The average Bonchev–Trinajstić information content (AvgIpc) is 2.93. The second-order valence-electron chi connectivity index (χ2n) is 5.02. The lowest BCUT2D eigenvalue weighted by molar-refractivity contribution is 0.0809. The largest absolute Gasteiger partial charge is 0.376 e. The number of ether oxygens (including phenoxy) is 1. The van der Waals surface area contributed by atoms with Gasteiger partial charge in [-0.1, -0.05) is 6.92 Å². The van der Waals surface area contributed by atoms with Crippen LogP contribution in [-0.4, -0.2) is 23.7 Å². The minimum Gasteiger partial charge on any atom is -0.376 e. The molecule has 1 aromatic rings. The fourth-order valence-electron chi connectivity index (χ4n) is 2.54. The molecule has 94 valence electrons. The molecular formula is C13H20N2OS. The van der Waals surface area contributed by atoms with Crippen LogP contribution in [0, 0.1) is 5.92 Å². The second kappa shape index (κ2) is 5.04. The molecule has 2 fully saturated rings. The van der Waals surface area contributed by atoms with E-state index in [1.54, 1.807) is 0 Å². The van der Waals surface area contributed by atoms with E-state index in [2.05, 4.69) is 17.2 Å². The highest BCUT2D eigenvalue weighted by Gasteiger charge is 2.40. The van der Waals surface area contributed by atoms with Crippen LogP contribution < -0.4 is 5.32 Å². The molecule has 2 atom stereocenters. The van der Waals surface area contributed by atoms with Gasteiger partial charge in [-0.05, 0) is 31.6 Å². The Morgan fingerprint density at radius 3 is 3.06 bits per heavy atom. The van der Waals surface area contributed by atoms with Crippen molar-refractivity contribution in [2.75, 3.05) is 6.61 Å². The quantitative estimate of drug-likeness (QED) is 0.873. The number of thiazole rings is 1. The Balaban J connectivity index is 1.52. The monoisotopic (exact) mass is 252 g/mol. The minimum atomic E-state index is 0.480. The highest BCUT2D eigenvalue weighted by Crippen LogP contribution is 2.38. The van der Waals surface area contributed by atoms with Crippen LogP contribution >= 0.6 is 11.3 Å². The van der Waals surface area contributed by atoms with Gasteiger partial charge in [-0.3, -0.25) is 0 Å². The van der Waals surface area contributed by atoms with E-state index in [0.717, 1.165) is 25.5 Å². The van der Waals surface area contributed by atoms with E-state index in [-0.39, 0.29) is 0 Å². The van der Waals surface area contributed by atoms with E-state index >= 15 is 0 Å². The fourth-order valence-corrected chi connectivity index (χ4v) is 3.36. The van der Waals surface area contributed by atoms with Crippen LogP contribution in [0.25, 0.3) is 0 Å². The molecule has 2 aliphatic rings. The number of hydrogen-bond donors (Lipinski definition) is 1. The van der Waals surface area contributed by atoms with Crippen molar-refractivity contribution in [3.8, 4) is 0 Å². The van der Waals surface area contributed by atoms with Gasteiger partial charge in [-0.15, -0.1) is 11.3 Å². The maximum absolute atomic E-state index is 5.83. The Morgan fingerprint density at radius 2 is 2.35 bits per heavy atom. The summed E-state index contributed by atoms with van der Waals surface area (Å²) >= 11 is 1.83. The lowest BCUT2D eigenvalue weighted by Crippen LogP contribution is -2.36. The molecule has 17 heavy (non-hydrogen) atoms. The zero-order valence-corrected chi connectivity index (χ0v) is 11.1. The lowest BCUT2D eigenvalue weighted by Gasteiger charge is -2.18. The van der Waals surface area contributed by atoms with Gasteiger partial charge in [0.25, 0.3) is 0 Å². The second-order valence-corrected chi connectivity index (χ2v) is 6.22. The summed E-state index contributed by atoms with van der Waals surface area (Å²) < 4.78 is 5.83. The molecule has 1 saturated heterocycles. The summed E-state index contributed by atoms with van der Waals surface area (Å²) in [4.78, 5) is 5.74. The fraction of sp³-hybridized carbons (Fsp3) is 0.769. The standard InChI is InChI=1S/C13H20N2OS/c1-2-12-15-8-10(17-12)7-14-11-5-6-16-13(11)9-3-4-9/h8-9,11,13-14H,2-7H2,1H3. The maximum Gasteiger partial charge on any atom is 0.0925 e. The first-order valence-corrected chi connectivity index (χ1v) is 7.47. The van der Waals surface area contributed by atoms with E-state index < -0.39 is 0 Å². The van der Waals surface area contributed by atoms with E-state index in [1.807, 2.05) is 17.5 Å². The van der Waals surface area contributed by atoms with Crippen LogP contribution in [0.5, 0.6) is 0 Å². The molecule has 1 N–H and O–H groups in total. The van der Waals surface area contributed by atoms with Crippen LogP contribution in [0.2, 0.25) is 0 Å². The van der Waals surface area contributed by atoms with E-state index in [9.17, 15) is 0 Å². The highest BCUT2D eigenvalue weighted by molar-refractivity contribution is 7.11. The van der Waals surface area contributed by atoms with Gasteiger partial charge in [0.05, 0.1) is 11.1 Å². The third-order valence-corrected chi connectivity index (χ3v) is 4.81. The zero-order chi connectivity index (χ0) is 11.7. The van der Waals surface area contributed by atoms with Crippen molar-refractivity contribution >= 4 is 11.3 Å². The average molecular weight is 252 g/mol. The molecule has 3 nitrogen and oxygen atoms in total. The van der Waals surface area contributed by atoms with E-state index in [0.29, 0.717) is 12.1 Å². The first-order chi connectivity index (χ1) is 8.36. The Labute approximate surface area is 107 Å². The Morgan fingerprint density at radius 1 is 1.47 bits per heavy atom. The van der Waals surface area contributed by atoms with Gasteiger partial charge in [0.1, 0.15) is 0 Å². The van der Waals surface area contributed by atoms with Crippen LogP contribution in [-0.2, 0) is 17.7 Å². The lowest BCUT2D eigenvalue weighted by atomic mass is 10.1. The van der Waals surface area contributed by atoms with Crippen LogP contribution in [0.15, 0.2) is 6.20 Å². The van der Waals surface area contributed by atoms with Gasteiger partial charge >= 0.3 is 0 Å². The van der Waals surface area contributed by atoms with Gasteiger partial charge in [0.15, 0.2) is 0 Å². The van der Waals surface area contributed by atoms with Crippen molar-refractivity contribution in [2.24, 2.45) is 5.92 Å². The maximum atomic E-state index is 5.83. The van der Waals surface area contributed by atoms with Gasteiger partial charge in [-0.25, -0.2) is 4.98 Å². The summed E-state index contributed by atoms with van der Waals surface area (Å²) in [6, 6.07) is 0.565. The molecule has 4 heteroatoms. The van der Waals surface area contributed by atoms with Crippen LogP contribution in [0.1, 0.15) is 36.1 Å². The number of nitrogens with zero attached hydrogens (tertiary/aromatic N) is 1. The molecule has 0 amide bonds. The highest BCUT2D eigenvalue weighted by atomic mass is 32.1.